The molecule has 0 unspecified atom stereocenters. The van der Waals surface area contributed by atoms with Gasteiger partial charge in [-0.25, -0.2) is 4.39 Å². The van der Waals surface area contributed by atoms with E-state index in [4.69, 9.17) is 4.74 Å². The van der Waals surface area contributed by atoms with Crippen molar-refractivity contribution in [1.29, 1.82) is 0 Å². The Morgan fingerprint density at radius 1 is 1.10 bits per heavy atom. The van der Waals surface area contributed by atoms with E-state index in [9.17, 15) is 14.0 Å². The molecule has 1 aliphatic rings. The molecule has 0 bridgehead atoms. The lowest BCUT2D eigenvalue weighted by molar-refractivity contribution is -0.159. The highest BCUT2D eigenvalue weighted by molar-refractivity contribution is 5.96. The van der Waals surface area contributed by atoms with E-state index in [-0.39, 0.29) is 5.82 Å². The summed E-state index contributed by atoms with van der Waals surface area (Å²) >= 11 is 0. The number of hydrogen-bond donors (Lipinski definition) is 1. The number of carbonyl (C=O) groups is 2. The lowest BCUT2D eigenvalue weighted by Gasteiger charge is -2.28. The number of hydrogen-bond acceptors (Lipinski definition) is 4. The summed E-state index contributed by atoms with van der Waals surface area (Å²) in [5.74, 6) is -1.25. The van der Waals surface area contributed by atoms with Gasteiger partial charge in [-0.3, -0.25) is 9.59 Å². The largest absolute Gasteiger partial charge is 0.452 e. The van der Waals surface area contributed by atoms with Crippen LogP contribution in [0.5, 0.6) is 0 Å². The third-order valence-electron chi connectivity index (χ3n) is 5.53. The van der Waals surface area contributed by atoms with E-state index in [1.165, 1.54) is 12.1 Å². The zero-order chi connectivity index (χ0) is 21.0. The van der Waals surface area contributed by atoms with Crippen LogP contribution in [0.1, 0.15) is 38.2 Å². The number of carbonyl (C=O) groups excluding carboxylic acids is 2. The van der Waals surface area contributed by atoms with Crippen molar-refractivity contribution in [3.05, 3.63) is 59.9 Å². The molecule has 1 saturated carbocycles. The van der Waals surface area contributed by atoms with Crippen molar-refractivity contribution in [1.82, 2.24) is 0 Å². The average molecular weight is 398 g/mol. The fourth-order valence-corrected chi connectivity index (χ4v) is 3.79. The van der Waals surface area contributed by atoms with E-state index in [1.807, 2.05) is 31.1 Å². The zero-order valence-corrected chi connectivity index (χ0v) is 17.1. The Labute approximate surface area is 170 Å². The number of rotatable bonds is 6. The first kappa shape index (κ1) is 20.8. The number of esters is 1. The summed E-state index contributed by atoms with van der Waals surface area (Å²) in [5, 5.41) is 2.77. The molecule has 2 aromatic carbocycles. The highest BCUT2D eigenvalue weighted by atomic mass is 19.1. The van der Waals surface area contributed by atoms with Crippen LogP contribution in [0.15, 0.2) is 48.5 Å². The van der Waals surface area contributed by atoms with Gasteiger partial charge < -0.3 is 15.0 Å². The predicted octanol–water partition coefficient (Wildman–Crippen LogP) is 4.27. The van der Waals surface area contributed by atoms with Gasteiger partial charge in [-0.2, -0.15) is 0 Å². The average Bonchev–Trinajstić information content (AvgIpc) is 3.19. The highest BCUT2D eigenvalue weighted by Crippen LogP contribution is 2.42. The molecule has 0 radical (unpaired) electrons. The second-order valence-corrected chi connectivity index (χ2v) is 7.78. The SMILES string of the molecule is C[C@H](OC(=O)C1(c2cccc(F)c2)CCCC1)C(=O)Nc1ccc(N(C)C)cc1. The summed E-state index contributed by atoms with van der Waals surface area (Å²) in [4.78, 5) is 27.5. The van der Waals surface area contributed by atoms with Crippen molar-refractivity contribution >= 4 is 23.3 Å². The Morgan fingerprint density at radius 2 is 1.76 bits per heavy atom. The molecule has 6 heteroatoms. The summed E-state index contributed by atoms with van der Waals surface area (Å²) < 4.78 is 19.3. The van der Waals surface area contributed by atoms with Gasteiger partial charge in [-0.15, -0.1) is 0 Å². The van der Waals surface area contributed by atoms with Crippen LogP contribution >= 0.6 is 0 Å². The Kier molecular flexibility index (Phi) is 6.20. The van der Waals surface area contributed by atoms with Crippen LogP contribution in [0, 0.1) is 5.82 Å². The van der Waals surface area contributed by atoms with Gasteiger partial charge in [0.1, 0.15) is 5.82 Å². The Balaban J connectivity index is 1.69. The molecule has 0 heterocycles. The van der Waals surface area contributed by atoms with E-state index >= 15 is 0 Å². The van der Waals surface area contributed by atoms with Gasteiger partial charge in [0, 0.05) is 25.5 Å². The van der Waals surface area contributed by atoms with Crippen LogP contribution in [0.4, 0.5) is 15.8 Å². The summed E-state index contributed by atoms with van der Waals surface area (Å²) in [6.07, 6.45) is 1.96. The minimum absolute atomic E-state index is 0.381. The lowest BCUT2D eigenvalue weighted by Crippen LogP contribution is -2.40. The molecule has 5 nitrogen and oxygen atoms in total. The van der Waals surface area contributed by atoms with Crippen molar-refractivity contribution in [2.24, 2.45) is 0 Å². The topological polar surface area (TPSA) is 58.6 Å². The van der Waals surface area contributed by atoms with Crippen molar-refractivity contribution in [2.45, 2.75) is 44.1 Å². The molecule has 1 fully saturated rings. The van der Waals surface area contributed by atoms with Crippen LogP contribution in [0.3, 0.4) is 0 Å². The van der Waals surface area contributed by atoms with E-state index in [1.54, 1.807) is 31.2 Å². The van der Waals surface area contributed by atoms with Crippen LogP contribution in [-0.2, 0) is 19.7 Å². The van der Waals surface area contributed by atoms with E-state index in [2.05, 4.69) is 5.32 Å². The monoisotopic (exact) mass is 398 g/mol. The molecule has 1 amide bonds. The van der Waals surface area contributed by atoms with Gasteiger partial charge in [0.2, 0.25) is 0 Å². The first-order valence-corrected chi connectivity index (χ1v) is 9.87. The number of amides is 1. The minimum atomic E-state index is -0.956. The molecule has 1 N–H and O–H groups in total. The number of halogens is 1. The van der Waals surface area contributed by atoms with Crippen LogP contribution in [0.25, 0.3) is 0 Å². The number of benzene rings is 2. The quantitative estimate of drug-likeness (QED) is 0.738. The molecule has 29 heavy (non-hydrogen) atoms. The Bertz CT molecular complexity index is 874. The molecule has 0 aromatic heterocycles. The number of nitrogens with one attached hydrogen (secondary N) is 1. The standard InChI is InChI=1S/C23H27FN2O3/c1-16(21(27)25-19-9-11-20(12-10-19)26(2)3)29-22(28)23(13-4-5-14-23)17-7-6-8-18(24)15-17/h6-12,15-16H,4-5,13-14H2,1-3H3,(H,25,27)/t16-/m0/s1. The molecule has 0 spiro atoms. The highest BCUT2D eigenvalue weighted by Gasteiger charge is 2.45. The molecule has 3 rings (SSSR count). The maximum Gasteiger partial charge on any atom is 0.317 e. The zero-order valence-electron chi connectivity index (χ0n) is 17.1. The summed E-state index contributed by atoms with van der Waals surface area (Å²) in [6.45, 7) is 1.55. The van der Waals surface area contributed by atoms with Gasteiger partial charge in [0.25, 0.3) is 5.91 Å². The normalized spacial score (nSPS) is 16.1. The lowest BCUT2D eigenvalue weighted by atomic mass is 9.79. The van der Waals surface area contributed by atoms with Gasteiger partial charge in [0.15, 0.2) is 6.10 Å². The molecule has 0 aliphatic heterocycles. The van der Waals surface area contributed by atoms with E-state index < -0.39 is 23.4 Å². The van der Waals surface area contributed by atoms with E-state index in [0.29, 0.717) is 24.1 Å². The smallest absolute Gasteiger partial charge is 0.317 e. The van der Waals surface area contributed by atoms with Crippen LogP contribution < -0.4 is 10.2 Å². The summed E-state index contributed by atoms with van der Waals surface area (Å²) in [7, 11) is 3.87. The molecule has 154 valence electrons. The summed E-state index contributed by atoms with van der Waals surface area (Å²) in [5.41, 5.74) is 1.38. The Morgan fingerprint density at radius 3 is 2.34 bits per heavy atom. The number of ether oxygens (including phenoxy) is 1. The molecular formula is C23H27FN2O3. The van der Waals surface area contributed by atoms with Crippen molar-refractivity contribution < 1.29 is 18.7 Å². The van der Waals surface area contributed by atoms with Crippen LogP contribution in [-0.4, -0.2) is 32.1 Å². The second-order valence-electron chi connectivity index (χ2n) is 7.78. The molecule has 1 atom stereocenters. The van der Waals surface area contributed by atoms with Crippen molar-refractivity contribution in [2.75, 3.05) is 24.3 Å². The van der Waals surface area contributed by atoms with Crippen molar-refractivity contribution in [3.8, 4) is 0 Å². The van der Waals surface area contributed by atoms with Crippen LogP contribution in [0.2, 0.25) is 0 Å². The molecule has 1 aliphatic carbocycles. The van der Waals surface area contributed by atoms with Gasteiger partial charge in [0.05, 0.1) is 5.41 Å². The maximum atomic E-state index is 13.7. The second kappa shape index (κ2) is 8.64. The van der Waals surface area contributed by atoms with Gasteiger partial charge in [-0.1, -0.05) is 25.0 Å². The van der Waals surface area contributed by atoms with Gasteiger partial charge >= 0.3 is 5.97 Å². The Hall–Kier alpha value is -2.89. The number of anilines is 2. The third-order valence-corrected chi connectivity index (χ3v) is 5.53. The first-order valence-electron chi connectivity index (χ1n) is 9.87. The maximum absolute atomic E-state index is 13.7. The third kappa shape index (κ3) is 4.58. The molecule has 2 aromatic rings. The van der Waals surface area contributed by atoms with Crippen molar-refractivity contribution in [3.63, 3.8) is 0 Å². The number of nitrogens with zero attached hydrogens (tertiary/aromatic N) is 1. The fraction of sp³-hybridized carbons (Fsp3) is 0.391. The molecular weight excluding hydrogens is 371 g/mol. The fourth-order valence-electron chi connectivity index (χ4n) is 3.79. The van der Waals surface area contributed by atoms with Gasteiger partial charge in [-0.05, 0) is 61.7 Å². The van der Waals surface area contributed by atoms with E-state index in [0.717, 1.165) is 18.5 Å². The first-order chi connectivity index (χ1) is 13.8. The summed E-state index contributed by atoms with van der Waals surface area (Å²) in [6, 6.07) is 13.5. The minimum Gasteiger partial charge on any atom is -0.452 e. The molecule has 0 saturated heterocycles. The predicted molar refractivity (Wildman–Crippen MR) is 111 cm³/mol.